The van der Waals surface area contributed by atoms with E-state index in [0.29, 0.717) is 12.5 Å². The second-order valence-corrected chi connectivity index (χ2v) is 5.70. The first-order chi connectivity index (χ1) is 8.52. The number of hydrogen-bond donors (Lipinski definition) is 1. The van der Waals surface area contributed by atoms with Gasteiger partial charge in [0.25, 0.3) is 0 Å². The fourth-order valence-electron chi connectivity index (χ4n) is 1.33. The molecule has 0 aromatic heterocycles. The third kappa shape index (κ3) is 5.08. The Kier molecular flexibility index (Phi) is 6.19. The number of hydrogen-bond acceptors (Lipinski definition) is 2. The van der Waals surface area contributed by atoms with Crippen LogP contribution in [0.4, 0.5) is 5.69 Å². The molecule has 0 heterocycles. The Morgan fingerprint density at radius 3 is 2.78 bits per heavy atom. The van der Waals surface area contributed by atoms with Gasteiger partial charge in [-0.1, -0.05) is 42.8 Å². The van der Waals surface area contributed by atoms with Gasteiger partial charge in [-0.3, -0.25) is 4.79 Å². The molecule has 0 bridgehead atoms. The first-order valence-electron chi connectivity index (χ1n) is 6.20. The first kappa shape index (κ1) is 15.0. The number of carbonyl (C=O) groups excluding carboxylic acids is 1. The topological polar surface area (TPSA) is 38.3 Å². The molecule has 18 heavy (non-hydrogen) atoms. The molecular weight excluding hydrogens is 294 g/mol. The molecule has 0 aliphatic rings. The molecule has 100 valence electrons. The largest absolute Gasteiger partial charge is 0.493 e. The number of anilines is 1. The van der Waals surface area contributed by atoms with Gasteiger partial charge in [0.15, 0.2) is 0 Å². The van der Waals surface area contributed by atoms with E-state index >= 15 is 0 Å². The molecule has 0 aliphatic carbocycles. The van der Waals surface area contributed by atoms with Gasteiger partial charge in [0, 0.05) is 11.8 Å². The smallest absolute Gasteiger partial charge is 0.238 e. The zero-order chi connectivity index (χ0) is 13.5. The van der Waals surface area contributed by atoms with Crippen molar-refractivity contribution in [2.24, 2.45) is 5.92 Å². The van der Waals surface area contributed by atoms with Crippen LogP contribution in [-0.4, -0.2) is 17.3 Å². The van der Waals surface area contributed by atoms with Gasteiger partial charge in [-0.25, -0.2) is 0 Å². The number of halogens is 1. The maximum atomic E-state index is 11.7. The van der Waals surface area contributed by atoms with E-state index in [1.165, 1.54) is 0 Å². The molecule has 4 heteroatoms. The summed E-state index contributed by atoms with van der Waals surface area (Å²) < 4.78 is 5.61. The minimum absolute atomic E-state index is 0.0292. The summed E-state index contributed by atoms with van der Waals surface area (Å²) in [5, 5.41) is 2.85. The fraction of sp³-hybridized carbons (Fsp3) is 0.500. The van der Waals surface area contributed by atoms with Crippen molar-refractivity contribution in [1.29, 1.82) is 0 Å². The zero-order valence-electron chi connectivity index (χ0n) is 11.1. The van der Waals surface area contributed by atoms with Crippen LogP contribution in [0, 0.1) is 5.92 Å². The van der Waals surface area contributed by atoms with Gasteiger partial charge in [-0.2, -0.15) is 0 Å². The maximum Gasteiger partial charge on any atom is 0.238 e. The van der Waals surface area contributed by atoms with Crippen LogP contribution in [0.5, 0.6) is 5.75 Å². The quantitative estimate of drug-likeness (QED) is 0.810. The summed E-state index contributed by atoms with van der Waals surface area (Å²) in [6.45, 7) is 6.83. The molecule has 1 unspecified atom stereocenters. The Bertz CT molecular complexity index is 393. The average molecular weight is 314 g/mol. The molecule has 1 rings (SSSR count). The Morgan fingerprint density at radius 1 is 1.44 bits per heavy atom. The Balaban J connectivity index is 2.61. The number of ether oxygens (including phenoxy) is 1. The van der Waals surface area contributed by atoms with Crippen LogP contribution in [0.15, 0.2) is 24.3 Å². The van der Waals surface area contributed by atoms with Crippen molar-refractivity contribution in [2.45, 2.75) is 32.0 Å². The van der Waals surface area contributed by atoms with Gasteiger partial charge in [0.05, 0.1) is 11.4 Å². The fourth-order valence-corrected chi connectivity index (χ4v) is 1.45. The van der Waals surface area contributed by atoms with E-state index < -0.39 is 0 Å². The lowest BCUT2D eigenvalue weighted by atomic mass is 10.2. The number of alkyl halides is 1. The predicted octanol–water partition coefficient (Wildman–Crippen LogP) is 3.83. The maximum absolute atomic E-state index is 11.7. The molecule has 0 saturated carbocycles. The van der Waals surface area contributed by atoms with Crippen molar-refractivity contribution in [3.05, 3.63) is 24.3 Å². The monoisotopic (exact) mass is 313 g/mol. The third-order valence-corrected chi connectivity index (χ3v) is 3.39. The average Bonchev–Trinajstić information content (AvgIpc) is 2.35. The molecule has 0 radical (unpaired) electrons. The number of rotatable bonds is 6. The van der Waals surface area contributed by atoms with Crippen molar-refractivity contribution in [1.82, 2.24) is 0 Å². The lowest BCUT2D eigenvalue weighted by Crippen LogP contribution is -2.21. The predicted molar refractivity (Wildman–Crippen MR) is 78.4 cm³/mol. The van der Waals surface area contributed by atoms with Crippen LogP contribution < -0.4 is 10.1 Å². The second kappa shape index (κ2) is 7.41. The molecular formula is C14H20BrNO2. The molecule has 0 saturated heterocycles. The van der Waals surface area contributed by atoms with Crippen molar-refractivity contribution >= 4 is 27.5 Å². The van der Waals surface area contributed by atoms with Crippen LogP contribution in [0.1, 0.15) is 27.2 Å². The zero-order valence-corrected chi connectivity index (χ0v) is 12.7. The highest BCUT2D eigenvalue weighted by Crippen LogP contribution is 2.19. The molecule has 0 aliphatic heterocycles. The van der Waals surface area contributed by atoms with Crippen molar-refractivity contribution < 1.29 is 9.53 Å². The lowest BCUT2D eigenvalue weighted by molar-refractivity contribution is -0.115. The van der Waals surface area contributed by atoms with E-state index in [2.05, 4.69) is 35.1 Å². The van der Waals surface area contributed by atoms with Gasteiger partial charge in [-0.05, 0) is 24.5 Å². The summed E-state index contributed by atoms with van der Waals surface area (Å²) in [6, 6.07) is 7.47. The van der Waals surface area contributed by atoms with Crippen LogP contribution in [0.25, 0.3) is 0 Å². The molecule has 3 nitrogen and oxygen atoms in total. The van der Waals surface area contributed by atoms with Crippen molar-refractivity contribution in [3.8, 4) is 5.75 Å². The Labute approximate surface area is 117 Å². The summed E-state index contributed by atoms with van der Waals surface area (Å²) in [7, 11) is 0. The number of carbonyl (C=O) groups is 1. The van der Waals surface area contributed by atoms with Crippen LogP contribution >= 0.6 is 15.9 Å². The number of amides is 1. The highest BCUT2D eigenvalue weighted by molar-refractivity contribution is 9.10. The van der Waals surface area contributed by atoms with Crippen LogP contribution in [-0.2, 0) is 4.79 Å². The Morgan fingerprint density at radius 2 is 2.17 bits per heavy atom. The summed E-state index contributed by atoms with van der Waals surface area (Å²) in [4.78, 5) is 11.6. The van der Waals surface area contributed by atoms with Gasteiger partial charge >= 0.3 is 0 Å². The third-order valence-electron chi connectivity index (χ3n) is 2.33. The molecule has 1 N–H and O–H groups in total. The summed E-state index contributed by atoms with van der Waals surface area (Å²) in [6.07, 6.45) is 0.759. The molecule has 1 aromatic rings. The van der Waals surface area contributed by atoms with E-state index in [-0.39, 0.29) is 10.7 Å². The number of benzene rings is 1. The molecule has 1 atom stereocenters. The number of nitrogens with one attached hydrogen (secondary N) is 1. The van der Waals surface area contributed by atoms with Crippen LogP contribution in [0.3, 0.4) is 0 Å². The molecule has 0 fully saturated rings. The molecule has 1 amide bonds. The normalized spacial score (nSPS) is 12.3. The standard InChI is InChI=1S/C14H20BrNO2/c1-4-13(15)14(17)16-11-6-5-7-12(8-11)18-9-10(2)3/h5-8,10,13H,4,9H2,1-3H3,(H,16,17). The minimum atomic E-state index is -0.155. The van der Waals surface area contributed by atoms with Gasteiger partial charge < -0.3 is 10.1 Å². The summed E-state index contributed by atoms with van der Waals surface area (Å²) >= 11 is 3.32. The van der Waals surface area contributed by atoms with Gasteiger partial charge in [0.2, 0.25) is 5.91 Å². The Hall–Kier alpha value is -1.03. The van der Waals surface area contributed by atoms with Crippen molar-refractivity contribution in [3.63, 3.8) is 0 Å². The second-order valence-electron chi connectivity index (χ2n) is 4.60. The first-order valence-corrected chi connectivity index (χ1v) is 7.12. The van der Waals surface area contributed by atoms with E-state index in [0.717, 1.165) is 17.9 Å². The van der Waals surface area contributed by atoms with Gasteiger partial charge in [-0.15, -0.1) is 0 Å². The molecule has 1 aromatic carbocycles. The molecule has 0 spiro atoms. The lowest BCUT2D eigenvalue weighted by Gasteiger charge is -2.12. The SMILES string of the molecule is CCC(Br)C(=O)Nc1cccc(OCC(C)C)c1. The van der Waals surface area contributed by atoms with Crippen molar-refractivity contribution in [2.75, 3.05) is 11.9 Å². The highest BCUT2D eigenvalue weighted by atomic mass is 79.9. The van der Waals surface area contributed by atoms with E-state index in [1.54, 1.807) is 0 Å². The highest BCUT2D eigenvalue weighted by Gasteiger charge is 2.12. The van der Waals surface area contributed by atoms with E-state index in [4.69, 9.17) is 4.74 Å². The summed E-state index contributed by atoms with van der Waals surface area (Å²) in [5.74, 6) is 1.23. The summed E-state index contributed by atoms with van der Waals surface area (Å²) in [5.41, 5.74) is 0.763. The minimum Gasteiger partial charge on any atom is -0.493 e. The van der Waals surface area contributed by atoms with Gasteiger partial charge in [0.1, 0.15) is 5.75 Å². The van der Waals surface area contributed by atoms with E-state index in [1.807, 2.05) is 31.2 Å². The van der Waals surface area contributed by atoms with Crippen LogP contribution in [0.2, 0.25) is 0 Å². The van der Waals surface area contributed by atoms with E-state index in [9.17, 15) is 4.79 Å².